The highest BCUT2D eigenvalue weighted by Gasteiger charge is 2.27. The molecule has 1 amide bonds. The molecule has 0 aliphatic carbocycles. The Morgan fingerprint density at radius 2 is 2.00 bits per heavy atom. The van der Waals surface area contributed by atoms with E-state index in [1.165, 1.54) is 0 Å². The fourth-order valence-electron chi connectivity index (χ4n) is 2.66. The van der Waals surface area contributed by atoms with Crippen LogP contribution in [0.2, 0.25) is 0 Å². The summed E-state index contributed by atoms with van der Waals surface area (Å²) in [6.45, 7) is 0.430. The van der Waals surface area contributed by atoms with Crippen LogP contribution >= 0.6 is 0 Å². The highest BCUT2D eigenvalue weighted by molar-refractivity contribution is 7.91. The molecule has 1 fully saturated rings. The van der Waals surface area contributed by atoms with E-state index >= 15 is 0 Å². The van der Waals surface area contributed by atoms with Crippen molar-refractivity contribution in [3.8, 4) is 0 Å². The molecule has 2 heterocycles. The van der Waals surface area contributed by atoms with Gasteiger partial charge in [-0.2, -0.15) is 0 Å². The Balaban J connectivity index is 1.61. The predicted octanol–water partition coefficient (Wildman–Crippen LogP) is 1.61. The maximum Gasteiger partial charge on any atom is 0.270 e. The molecule has 1 saturated heterocycles. The average Bonchev–Trinajstić information content (AvgIpc) is 2.92. The van der Waals surface area contributed by atoms with Crippen LogP contribution in [0.15, 0.2) is 48.7 Å². The number of benzene rings is 1. The van der Waals surface area contributed by atoms with Gasteiger partial charge >= 0.3 is 0 Å². The minimum atomic E-state index is -2.94. The van der Waals surface area contributed by atoms with E-state index in [0.29, 0.717) is 24.3 Å². The maximum absolute atomic E-state index is 12.2. The number of hydrogen-bond acceptors (Lipinski definition) is 5. The first-order valence-corrected chi connectivity index (χ1v) is 9.59. The second-order valence-electron chi connectivity index (χ2n) is 5.84. The van der Waals surface area contributed by atoms with Crippen molar-refractivity contribution >= 4 is 21.4 Å². The summed E-state index contributed by atoms with van der Waals surface area (Å²) in [5, 5.41) is 5.99. The number of rotatable bonds is 5. The molecular weight excluding hydrogens is 326 g/mol. The molecule has 0 saturated carbocycles. The molecule has 0 spiro atoms. The SMILES string of the molecule is O=C(NCc1ccccc1)c1cc(NC2CCS(=O)(=O)C2)ccn1. The van der Waals surface area contributed by atoms with Crippen molar-refractivity contribution in [3.63, 3.8) is 0 Å². The minimum absolute atomic E-state index is 0.113. The van der Waals surface area contributed by atoms with Crippen molar-refractivity contribution < 1.29 is 13.2 Å². The Labute approximate surface area is 141 Å². The largest absolute Gasteiger partial charge is 0.381 e. The third kappa shape index (κ3) is 4.32. The first-order valence-electron chi connectivity index (χ1n) is 7.77. The normalized spacial score (nSPS) is 18.9. The summed E-state index contributed by atoms with van der Waals surface area (Å²) in [4.78, 5) is 16.3. The summed E-state index contributed by atoms with van der Waals surface area (Å²) < 4.78 is 23.0. The van der Waals surface area contributed by atoms with Crippen LogP contribution in [0.25, 0.3) is 0 Å². The number of nitrogens with zero attached hydrogens (tertiary/aromatic N) is 1. The molecule has 126 valence electrons. The number of carbonyl (C=O) groups is 1. The summed E-state index contributed by atoms with van der Waals surface area (Å²) in [6.07, 6.45) is 2.13. The fourth-order valence-corrected chi connectivity index (χ4v) is 4.33. The maximum atomic E-state index is 12.2. The number of nitrogens with one attached hydrogen (secondary N) is 2. The van der Waals surface area contributed by atoms with E-state index < -0.39 is 9.84 Å². The zero-order valence-electron chi connectivity index (χ0n) is 13.1. The van der Waals surface area contributed by atoms with E-state index in [0.717, 1.165) is 5.56 Å². The van der Waals surface area contributed by atoms with E-state index in [2.05, 4.69) is 15.6 Å². The van der Waals surface area contributed by atoms with E-state index in [9.17, 15) is 13.2 Å². The number of pyridine rings is 1. The number of anilines is 1. The summed E-state index contributed by atoms with van der Waals surface area (Å²) in [7, 11) is -2.94. The molecule has 6 nitrogen and oxygen atoms in total. The first-order chi connectivity index (χ1) is 11.5. The van der Waals surface area contributed by atoms with Crippen molar-refractivity contribution in [2.24, 2.45) is 0 Å². The zero-order valence-corrected chi connectivity index (χ0v) is 13.9. The Morgan fingerprint density at radius 3 is 2.71 bits per heavy atom. The van der Waals surface area contributed by atoms with Gasteiger partial charge in [0.25, 0.3) is 5.91 Å². The predicted molar refractivity (Wildman–Crippen MR) is 92.5 cm³/mol. The smallest absolute Gasteiger partial charge is 0.270 e. The highest BCUT2D eigenvalue weighted by Crippen LogP contribution is 2.17. The molecule has 0 radical (unpaired) electrons. The quantitative estimate of drug-likeness (QED) is 0.859. The lowest BCUT2D eigenvalue weighted by Crippen LogP contribution is -2.24. The Hall–Kier alpha value is -2.41. The molecule has 1 aliphatic heterocycles. The molecule has 1 atom stereocenters. The molecule has 7 heteroatoms. The van der Waals surface area contributed by atoms with E-state index in [1.54, 1.807) is 18.3 Å². The van der Waals surface area contributed by atoms with Gasteiger partial charge in [-0.25, -0.2) is 8.42 Å². The lowest BCUT2D eigenvalue weighted by atomic mass is 10.2. The molecule has 1 unspecified atom stereocenters. The van der Waals surface area contributed by atoms with Crippen LogP contribution in [0.4, 0.5) is 5.69 Å². The third-order valence-corrected chi connectivity index (χ3v) is 5.66. The van der Waals surface area contributed by atoms with Crippen LogP contribution in [0.1, 0.15) is 22.5 Å². The number of aromatic nitrogens is 1. The lowest BCUT2D eigenvalue weighted by Gasteiger charge is -2.13. The molecule has 24 heavy (non-hydrogen) atoms. The van der Waals surface area contributed by atoms with Gasteiger partial charge in [0.15, 0.2) is 9.84 Å². The monoisotopic (exact) mass is 345 g/mol. The second kappa shape index (κ2) is 7.00. The number of carbonyl (C=O) groups excluding carboxylic acids is 1. The number of sulfone groups is 1. The van der Waals surface area contributed by atoms with Crippen LogP contribution in [0, 0.1) is 0 Å². The van der Waals surface area contributed by atoms with Crippen molar-refractivity contribution in [2.75, 3.05) is 16.8 Å². The van der Waals surface area contributed by atoms with Crippen molar-refractivity contribution in [3.05, 3.63) is 59.9 Å². The van der Waals surface area contributed by atoms with Gasteiger partial charge in [0.05, 0.1) is 11.5 Å². The van der Waals surface area contributed by atoms with E-state index in [-0.39, 0.29) is 23.5 Å². The Kier molecular flexibility index (Phi) is 4.80. The van der Waals surface area contributed by atoms with Gasteiger partial charge in [0.2, 0.25) is 0 Å². The van der Waals surface area contributed by atoms with Gasteiger partial charge in [0.1, 0.15) is 5.69 Å². The Morgan fingerprint density at radius 1 is 1.21 bits per heavy atom. The van der Waals surface area contributed by atoms with Crippen molar-refractivity contribution in [2.45, 2.75) is 19.0 Å². The van der Waals surface area contributed by atoms with Crippen LogP contribution in [-0.4, -0.2) is 36.9 Å². The zero-order chi connectivity index (χ0) is 17.0. The molecule has 1 aliphatic rings. The van der Waals surface area contributed by atoms with Crippen LogP contribution in [-0.2, 0) is 16.4 Å². The minimum Gasteiger partial charge on any atom is -0.381 e. The average molecular weight is 345 g/mol. The van der Waals surface area contributed by atoms with Crippen molar-refractivity contribution in [1.82, 2.24) is 10.3 Å². The molecule has 2 N–H and O–H groups in total. The summed E-state index contributed by atoms with van der Waals surface area (Å²) in [5.74, 6) is 0.0759. The van der Waals surface area contributed by atoms with Gasteiger partial charge in [0, 0.05) is 24.5 Å². The summed E-state index contributed by atoms with van der Waals surface area (Å²) in [5.41, 5.74) is 2.02. The topological polar surface area (TPSA) is 88.2 Å². The Bertz CT molecular complexity index is 822. The van der Waals surface area contributed by atoms with E-state index in [1.807, 2.05) is 30.3 Å². The fraction of sp³-hybridized carbons (Fsp3) is 0.294. The summed E-state index contributed by atoms with van der Waals surface area (Å²) in [6, 6.07) is 12.9. The van der Waals surface area contributed by atoms with Gasteiger partial charge in [-0.3, -0.25) is 9.78 Å². The highest BCUT2D eigenvalue weighted by atomic mass is 32.2. The van der Waals surface area contributed by atoms with Crippen LogP contribution in [0.3, 0.4) is 0 Å². The van der Waals surface area contributed by atoms with Gasteiger partial charge in [-0.1, -0.05) is 30.3 Å². The first kappa shape index (κ1) is 16.4. The summed E-state index contributed by atoms with van der Waals surface area (Å²) >= 11 is 0. The van der Waals surface area contributed by atoms with Gasteiger partial charge < -0.3 is 10.6 Å². The van der Waals surface area contributed by atoms with Gasteiger partial charge in [-0.05, 0) is 24.1 Å². The molecule has 2 aromatic rings. The molecular formula is C17H19N3O3S. The molecule has 1 aromatic heterocycles. The van der Waals surface area contributed by atoms with Crippen LogP contribution in [0.5, 0.6) is 0 Å². The standard InChI is InChI=1S/C17H19N3O3S/c21-17(19-11-13-4-2-1-3-5-13)16-10-14(6-8-18-16)20-15-7-9-24(22,23)12-15/h1-6,8,10,15H,7,9,11-12H2,(H,18,20)(H,19,21). The molecule has 1 aromatic carbocycles. The number of hydrogen-bond donors (Lipinski definition) is 2. The van der Waals surface area contributed by atoms with Crippen molar-refractivity contribution in [1.29, 1.82) is 0 Å². The van der Waals surface area contributed by atoms with E-state index in [4.69, 9.17) is 0 Å². The third-order valence-electron chi connectivity index (χ3n) is 3.89. The lowest BCUT2D eigenvalue weighted by molar-refractivity contribution is 0.0946. The molecule has 0 bridgehead atoms. The van der Waals surface area contributed by atoms with Gasteiger partial charge in [-0.15, -0.1) is 0 Å². The second-order valence-corrected chi connectivity index (χ2v) is 8.07. The van der Waals surface area contributed by atoms with Crippen LogP contribution < -0.4 is 10.6 Å². The molecule has 3 rings (SSSR count). The number of amides is 1.